The van der Waals surface area contributed by atoms with Gasteiger partial charge in [0.15, 0.2) is 0 Å². The molecule has 7 heteroatoms. The Morgan fingerprint density at radius 3 is 3.07 bits per heavy atom. The molecule has 0 spiro atoms. The fourth-order valence-electron chi connectivity index (χ4n) is 1.02. The monoisotopic (exact) mass is 211 g/mol. The number of H-pyrrole nitrogens is 1. The van der Waals surface area contributed by atoms with Crippen LogP contribution in [0.25, 0.3) is 0 Å². The van der Waals surface area contributed by atoms with Gasteiger partial charge in [0.2, 0.25) is 5.91 Å². The van der Waals surface area contributed by atoms with Gasteiger partial charge < -0.3 is 20.8 Å². The molecule has 1 aromatic heterocycles. The van der Waals surface area contributed by atoms with E-state index in [1.165, 1.54) is 4.90 Å². The van der Waals surface area contributed by atoms with E-state index in [-0.39, 0.29) is 18.2 Å². The summed E-state index contributed by atoms with van der Waals surface area (Å²) in [6, 6.07) is 0. The third kappa shape index (κ3) is 3.29. The Bertz CT molecular complexity index is 346. The Labute approximate surface area is 86.6 Å². The number of nitrogens with one attached hydrogen (secondary N) is 1. The van der Waals surface area contributed by atoms with E-state index in [1.54, 1.807) is 19.4 Å². The van der Waals surface area contributed by atoms with E-state index in [9.17, 15) is 4.79 Å². The lowest BCUT2D eigenvalue weighted by Crippen LogP contribution is -2.30. The lowest BCUT2D eigenvalue weighted by atomic mass is 10.3. The lowest BCUT2D eigenvalue weighted by molar-refractivity contribution is -0.129. The number of imidazole rings is 1. The minimum atomic E-state index is -0.235. The van der Waals surface area contributed by atoms with E-state index >= 15 is 0 Å². The first-order valence-corrected chi connectivity index (χ1v) is 4.32. The molecule has 0 aliphatic carbocycles. The van der Waals surface area contributed by atoms with Crippen LogP contribution in [0.15, 0.2) is 17.5 Å². The molecule has 0 bridgehead atoms. The molecule has 0 atom stereocenters. The van der Waals surface area contributed by atoms with Crippen molar-refractivity contribution in [1.82, 2.24) is 14.9 Å². The number of aromatic amines is 1. The van der Waals surface area contributed by atoms with Crippen LogP contribution in [0.4, 0.5) is 0 Å². The number of amides is 1. The van der Waals surface area contributed by atoms with Crippen LogP contribution in [0.5, 0.6) is 0 Å². The van der Waals surface area contributed by atoms with Gasteiger partial charge >= 0.3 is 0 Å². The summed E-state index contributed by atoms with van der Waals surface area (Å²) in [5, 5.41) is 11.0. The molecule has 1 amide bonds. The average Bonchev–Trinajstić information content (AvgIpc) is 2.70. The van der Waals surface area contributed by atoms with Gasteiger partial charge in [-0.1, -0.05) is 5.16 Å². The first-order chi connectivity index (χ1) is 7.13. The van der Waals surface area contributed by atoms with Gasteiger partial charge in [-0.3, -0.25) is 4.79 Å². The number of carbonyl (C=O) groups is 1. The van der Waals surface area contributed by atoms with E-state index in [1.807, 2.05) is 0 Å². The van der Waals surface area contributed by atoms with Crippen molar-refractivity contribution in [3.05, 3.63) is 18.2 Å². The molecule has 1 heterocycles. The van der Waals surface area contributed by atoms with Gasteiger partial charge in [-0.05, 0) is 0 Å². The molecular weight excluding hydrogens is 198 g/mol. The van der Waals surface area contributed by atoms with E-state index in [0.29, 0.717) is 12.4 Å². The predicted octanol–water partition coefficient (Wildman–Crippen LogP) is -0.495. The number of hydrogen-bond acceptors (Lipinski definition) is 4. The maximum Gasteiger partial charge on any atom is 0.230 e. The summed E-state index contributed by atoms with van der Waals surface area (Å²) in [6.45, 7) is 0.366. The summed E-state index contributed by atoms with van der Waals surface area (Å²) in [5.41, 5.74) is 5.21. The summed E-state index contributed by atoms with van der Waals surface area (Å²) in [5.74, 6) is 0.346. The third-order valence-electron chi connectivity index (χ3n) is 1.83. The second-order valence-electron chi connectivity index (χ2n) is 3.05. The number of nitrogens with zero attached hydrogens (tertiary/aromatic N) is 3. The van der Waals surface area contributed by atoms with Crippen LogP contribution in [0.1, 0.15) is 12.2 Å². The van der Waals surface area contributed by atoms with E-state index in [2.05, 4.69) is 15.1 Å². The Balaban J connectivity index is 2.47. The standard InChI is InChI=1S/C8H13N5O2/c1-13(5-7-10-2-3-11-7)8(14)4-6(9)12-15/h2-3,15H,4-5H2,1H3,(H2,9,12)(H,10,11). The molecule has 0 aliphatic heterocycles. The van der Waals surface area contributed by atoms with Crippen LogP contribution in [-0.4, -0.2) is 38.9 Å². The molecule has 15 heavy (non-hydrogen) atoms. The maximum atomic E-state index is 11.5. The zero-order valence-corrected chi connectivity index (χ0v) is 8.34. The number of oxime groups is 1. The summed E-state index contributed by atoms with van der Waals surface area (Å²) in [6.07, 6.45) is 3.18. The van der Waals surface area contributed by atoms with Crippen molar-refractivity contribution in [1.29, 1.82) is 0 Å². The molecule has 4 N–H and O–H groups in total. The van der Waals surface area contributed by atoms with Gasteiger partial charge in [-0.2, -0.15) is 0 Å². The molecule has 0 unspecified atom stereocenters. The Morgan fingerprint density at radius 2 is 2.53 bits per heavy atom. The molecule has 1 rings (SSSR count). The van der Waals surface area contributed by atoms with Crippen molar-refractivity contribution in [3.8, 4) is 0 Å². The van der Waals surface area contributed by atoms with Crippen LogP contribution in [0, 0.1) is 0 Å². The third-order valence-corrected chi connectivity index (χ3v) is 1.83. The number of rotatable bonds is 4. The first kappa shape index (κ1) is 11.0. The molecule has 1 aromatic rings. The van der Waals surface area contributed by atoms with Crippen LogP contribution < -0.4 is 5.73 Å². The minimum absolute atomic E-state index is 0.103. The highest BCUT2D eigenvalue weighted by Gasteiger charge is 2.12. The fraction of sp³-hybridized carbons (Fsp3) is 0.375. The SMILES string of the molecule is CN(Cc1ncc[nH]1)C(=O)CC(N)=NO. The number of carbonyl (C=O) groups excluding carboxylic acids is 1. The second-order valence-corrected chi connectivity index (χ2v) is 3.05. The number of nitrogens with two attached hydrogens (primary N) is 1. The normalized spacial score (nSPS) is 11.4. The van der Waals surface area contributed by atoms with Crippen molar-refractivity contribution >= 4 is 11.7 Å². The predicted molar refractivity (Wildman–Crippen MR) is 53.1 cm³/mol. The Morgan fingerprint density at radius 1 is 1.80 bits per heavy atom. The summed E-state index contributed by atoms with van der Waals surface area (Å²) in [7, 11) is 1.62. The van der Waals surface area contributed by atoms with Crippen molar-refractivity contribution in [3.63, 3.8) is 0 Å². The van der Waals surface area contributed by atoms with Crippen LogP contribution >= 0.6 is 0 Å². The van der Waals surface area contributed by atoms with Gasteiger partial charge in [0.25, 0.3) is 0 Å². The highest BCUT2D eigenvalue weighted by atomic mass is 16.4. The van der Waals surface area contributed by atoms with E-state index < -0.39 is 0 Å². The van der Waals surface area contributed by atoms with Gasteiger partial charge in [-0.15, -0.1) is 0 Å². The minimum Gasteiger partial charge on any atom is -0.409 e. The van der Waals surface area contributed by atoms with Crippen molar-refractivity contribution in [2.45, 2.75) is 13.0 Å². The largest absolute Gasteiger partial charge is 0.409 e. The fourth-order valence-corrected chi connectivity index (χ4v) is 1.02. The number of aromatic nitrogens is 2. The molecule has 0 fully saturated rings. The lowest BCUT2D eigenvalue weighted by Gasteiger charge is -2.14. The number of amidine groups is 1. The number of hydrogen-bond donors (Lipinski definition) is 3. The molecule has 0 saturated heterocycles. The van der Waals surface area contributed by atoms with Crippen molar-refractivity contribution in [2.75, 3.05) is 7.05 Å². The van der Waals surface area contributed by atoms with Gasteiger partial charge in [0.05, 0.1) is 13.0 Å². The average molecular weight is 211 g/mol. The van der Waals surface area contributed by atoms with Crippen LogP contribution in [0.2, 0.25) is 0 Å². The summed E-state index contributed by atoms with van der Waals surface area (Å²) >= 11 is 0. The van der Waals surface area contributed by atoms with E-state index in [4.69, 9.17) is 10.9 Å². The van der Waals surface area contributed by atoms with Crippen molar-refractivity contribution < 1.29 is 10.0 Å². The zero-order chi connectivity index (χ0) is 11.3. The smallest absolute Gasteiger partial charge is 0.230 e. The molecule has 7 nitrogen and oxygen atoms in total. The van der Waals surface area contributed by atoms with Gasteiger partial charge in [0.1, 0.15) is 11.7 Å². The molecule has 0 aromatic carbocycles. The van der Waals surface area contributed by atoms with Gasteiger partial charge in [-0.25, -0.2) is 4.98 Å². The van der Waals surface area contributed by atoms with Gasteiger partial charge in [0, 0.05) is 19.4 Å². The van der Waals surface area contributed by atoms with Crippen LogP contribution in [-0.2, 0) is 11.3 Å². The second kappa shape index (κ2) is 4.99. The molecule has 0 saturated carbocycles. The summed E-state index contributed by atoms with van der Waals surface area (Å²) < 4.78 is 0. The molecule has 82 valence electrons. The molecule has 0 aliphatic rings. The highest BCUT2D eigenvalue weighted by Crippen LogP contribution is 1.98. The quantitative estimate of drug-likeness (QED) is 0.270. The summed E-state index contributed by atoms with van der Waals surface area (Å²) in [4.78, 5) is 19.7. The molecular formula is C8H13N5O2. The first-order valence-electron chi connectivity index (χ1n) is 4.32. The van der Waals surface area contributed by atoms with Crippen molar-refractivity contribution in [2.24, 2.45) is 10.9 Å². The van der Waals surface area contributed by atoms with E-state index in [0.717, 1.165) is 0 Å². The Kier molecular flexibility index (Phi) is 3.67. The Hall–Kier alpha value is -2.05. The zero-order valence-electron chi connectivity index (χ0n) is 8.34. The topological polar surface area (TPSA) is 108 Å². The highest BCUT2D eigenvalue weighted by molar-refractivity contribution is 5.98. The van der Waals surface area contributed by atoms with Crippen LogP contribution in [0.3, 0.4) is 0 Å². The molecule has 0 radical (unpaired) electrons. The maximum absolute atomic E-state index is 11.5.